The topological polar surface area (TPSA) is 29.9 Å². The third-order valence-electron chi connectivity index (χ3n) is 2.71. The van der Waals surface area contributed by atoms with E-state index < -0.39 is 0 Å². The van der Waals surface area contributed by atoms with Crippen molar-refractivity contribution in [1.82, 2.24) is 14.9 Å². The highest BCUT2D eigenvalue weighted by atomic mass is 35.5. The Morgan fingerprint density at radius 2 is 2.24 bits per heavy atom. The van der Waals surface area contributed by atoms with E-state index in [1.807, 2.05) is 25.4 Å². The van der Waals surface area contributed by atoms with Gasteiger partial charge in [0.15, 0.2) is 0 Å². The first-order valence-electron chi connectivity index (χ1n) is 5.70. The fraction of sp³-hybridized carbons (Fsp3) is 0.308. The summed E-state index contributed by atoms with van der Waals surface area (Å²) in [7, 11) is 1.92. The van der Waals surface area contributed by atoms with Gasteiger partial charge in [0.05, 0.1) is 5.02 Å². The Labute approximate surface area is 106 Å². The van der Waals surface area contributed by atoms with Crippen LogP contribution in [0.5, 0.6) is 0 Å². The van der Waals surface area contributed by atoms with E-state index in [4.69, 9.17) is 11.6 Å². The van der Waals surface area contributed by atoms with Gasteiger partial charge in [-0.15, -0.1) is 0 Å². The van der Waals surface area contributed by atoms with Crippen molar-refractivity contribution in [2.45, 2.75) is 20.0 Å². The van der Waals surface area contributed by atoms with Crippen molar-refractivity contribution in [3.63, 3.8) is 0 Å². The van der Waals surface area contributed by atoms with Crippen molar-refractivity contribution in [2.75, 3.05) is 7.05 Å². The summed E-state index contributed by atoms with van der Waals surface area (Å²) in [5.41, 5.74) is 2.16. The minimum atomic E-state index is 0.749. The Morgan fingerprint density at radius 3 is 2.88 bits per heavy atom. The molecule has 2 aromatic rings. The van der Waals surface area contributed by atoms with E-state index in [1.165, 1.54) is 5.56 Å². The lowest BCUT2D eigenvalue weighted by Gasteiger charge is -2.08. The lowest BCUT2D eigenvalue weighted by molar-refractivity contribution is 0.770. The molecule has 0 saturated heterocycles. The number of rotatable bonds is 4. The van der Waals surface area contributed by atoms with Crippen LogP contribution in [-0.2, 0) is 13.1 Å². The summed E-state index contributed by atoms with van der Waals surface area (Å²) in [5.74, 6) is 0.925. The van der Waals surface area contributed by atoms with E-state index >= 15 is 0 Å². The molecule has 90 valence electrons. The van der Waals surface area contributed by atoms with Gasteiger partial charge in [-0.25, -0.2) is 4.98 Å². The molecule has 0 spiro atoms. The van der Waals surface area contributed by atoms with Gasteiger partial charge in [-0.1, -0.05) is 17.7 Å². The number of imidazole rings is 1. The standard InChI is InChI=1S/C13H16ClN3/c1-3-17-7-6-16-13(17)11-5-4-10(9-15-2)8-12(11)14/h4-8,15H,3,9H2,1-2H3. The van der Waals surface area contributed by atoms with Crippen LogP contribution in [0.1, 0.15) is 12.5 Å². The molecule has 0 aliphatic carbocycles. The molecule has 0 fully saturated rings. The largest absolute Gasteiger partial charge is 0.331 e. The molecular formula is C13H16ClN3. The zero-order valence-corrected chi connectivity index (χ0v) is 10.8. The van der Waals surface area contributed by atoms with Gasteiger partial charge in [-0.3, -0.25) is 0 Å². The van der Waals surface area contributed by atoms with Crippen molar-refractivity contribution in [1.29, 1.82) is 0 Å². The molecule has 1 heterocycles. The summed E-state index contributed by atoms with van der Waals surface area (Å²) in [4.78, 5) is 4.36. The van der Waals surface area contributed by atoms with E-state index in [0.717, 1.165) is 29.5 Å². The molecule has 0 atom stereocenters. The van der Waals surface area contributed by atoms with Crippen LogP contribution in [0.15, 0.2) is 30.6 Å². The Bertz CT molecular complexity index is 505. The first kappa shape index (κ1) is 12.1. The lowest BCUT2D eigenvalue weighted by atomic mass is 10.1. The molecule has 0 aliphatic heterocycles. The summed E-state index contributed by atoms with van der Waals surface area (Å²) in [6.07, 6.45) is 3.77. The smallest absolute Gasteiger partial charge is 0.141 e. The molecule has 3 nitrogen and oxygen atoms in total. The van der Waals surface area contributed by atoms with E-state index in [2.05, 4.69) is 27.9 Å². The van der Waals surface area contributed by atoms with E-state index in [1.54, 1.807) is 6.20 Å². The van der Waals surface area contributed by atoms with Crippen molar-refractivity contribution in [2.24, 2.45) is 0 Å². The van der Waals surface area contributed by atoms with E-state index in [0.29, 0.717) is 0 Å². The van der Waals surface area contributed by atoms with Crippen LogP contribution in [0.2, 0.25) is 5.02 Å². The number of benzene rings is 1. The fourth-order valence-corrected chi connectivity index (χ4v) is 2.15. The van der Waals surface area contributed by atoms with Crippen LogP contribution in [0.4, 0.5) is 0 Å². The van der Waals surface area contributed by atoms with Gasteiger partial charge >= 0.3 is 0 Å². The first-order chi connectivity index (χ1) is 8.26. The fourth-order valence-electron chi connectivity index (χ4n) is 1.86. The molecule has 0 unspecified atom stereocenters. The normalized spacial score (nSPS) is 10.8. The van der Waals surface area contributed by atoms with Gasteiger partial charge < -0.3 is 9.88 Å². The Kier molecular flexibility index (Phi) is 3.82. The molecule has 0 saturated carbocycles. The highest BCUT2D eigenvalue weighted by Gasteiger charge is 2.09. The van der Waals surface area contributed by atoms with Gasteiger partial charge in [0, 0.05) is 31.0 Å². The number of hydrogen-bond donors (Lipinski definition) is 1. The van der Waals surface area contributed by atoms with Crippen LogP contribution < -0.4 is 5.32 Å². The molecule has 1 N–H and O–H groups in total. The highest BCUT2D eigenvalue weighted by Crippen LogP contribution is 2.27. The second kappa shape index (κ2) is 5.34. The number of aryl methyl sites for hydroxylation is 1. The number of hydrogen-bond acceptors (Lipinski definition) is 2. The second-order valence-electron chi connectivity index (χ2n) is 3.88. The van der Waals surface area contributed by atoms with Crippen LogP contribution in [0.25, 0.3) is 11.4 Å². The summed E-state index contributed by atoms with van der Waals surface area (Å²) in [6, 6.07) is 6.10. The molecule has 2 rings (SSSR count). The predicted octanol–water partition coefficient (Wildman–Crippen LogP) is 2.94. The first-order valence-corrected chi connectivity index (χ1v) is 6.08. The summed E-state index contributed by atoms with van der Waals surface area (Å²) >= 11 is 6.30. The zero-order chi connectivity index (χ0) is 12.3. The SMILES string of the molecule is CCn1ccnc1-c1ccc(CNC)cc1Cl. The van der Waals surface area contributed by atoms with Gasteiger partial charge in [-0.2, -0.15) is 0 Å². The molecule has 0 amide bonds. The quantitative estimate of drug-likeness (QED) is 0.903. The molecule has 1 aromatic heterocycles. The number of nitrogens with one attached hydrogen (secondary N) is 1. The molecule has 0 aliphatic rings. The monoisotopic (exact) mass is 249 g/mol. The molecule has 0 radical (unpaired) electrons. The minimum absolute atomic E-state index is 0.749. The Hall–Kier alpha value is -1.32. The van der Waals surface area contributed by atoms with Crippen molar-refractivity contribution < 1.29 is 0 Å². The van der Waals surface area contributed by atoms with Crippen LogP contribution in [0, 0.1) is 0 Å². The highest BCUT2D eigenvalue weighted by molar-refractivity contribution is 6.33. The van der Waals surface area contributed by atoms with Crippen LogP contribution in [0.3, 0.4) is 0 Å². The molecule has 17 heavy (non-hydrogen) atoms. The zero-order valence-electron chi connectivity index (χ0n) is 10.1. The maximum atomic E-state index is 6.30. The third kappa shape index (κ3) is 2.51. The molecule has 4 heteroatoms. The Balaban J connectivity index is 2.39. The van der Waals surface area contributed by atoms with Crippen molar-refractivity contribution >= 4 is 11.6 Å². The maximum absolute atomic E-state index is 6.30. The Morgan fingerprint density at radius 1 is 1.41 bits per heavy atom. The molecule has 0 bridgehead atoms. The third-order valence-corrected chi connectivity index (χ3v) is 3.02. The van der Waals surface area contributed by atoms with Gasteiger partial charge in [-0.05, 0) is 31.7 Å². The van der Waals surface area contributed by atoms with E-state index in [9.17, 15) is 0 Å². The van der Waals surface area contributed by atoms with Gasteiger partial charge in [0.1, 0.15) is 5.82 Å². The number of halogens is 1. The van der Waals surface area contributed by atoms with Crippen molar-refractivity contribution in [3.05, 3.63) is 41.2 Å². The number of nitrogens with zero attached hydrogens (tertiary/aromatic N) is 2. The molecular weight excluding hydrogens is 234 g/mol. The van der Waals surface area contributed by atoms with Gasteiger partial charge in [0.25, 0.3) is 0 Å². The van der Waals surface area contributed by atoms with Crippen molar-refractivity contribution in [3.8, 4) is 11.4 Å². The summed E-state index contributed by atoms with van der Waals surface area (Å²) < 4.78 is 2.08. The lowest BCUT2D eigenvalue weighted by Crippen LogP contribution is -2.05. The average molecular weight is 250 g/mol. The number of aromatic nitrogens is 2. The van der Waals surface area contributed by atoms with Crippen LogP contribution >= 0.6 is 11.6 Å². The second-order valence-corrected chi connectivity index (χ2v) is 4.29. The maximum Gasteiger partial charge on any atom is 0.141 e. The van der Waals surface area contributed by atoms with Crippen LogP contribution in [-0.4, -0.2) is 16.6 Å². The van der Waals surface area contributed by atoms with E-state index in [-0.39, 0.29) is 0 Å². The summed E-state index contributed by atoms with van der Waals surface area (Å²) in [5, 5.41) is 3.86. The van der Waals surface area contributed by atoms with Gasteiger partial charge in [0.2, 0.25) is 0 Å². The minimum Gasteiger partial charge on any atom is -0.331 e. The predicted molar refractivity (Wildman–Crippen MR) is 71.1 cm³/mol. The summed E-state index contributed by atoms with van der Waals surface area (Å²) in [6.45, 7) is 3.81. The average Bonchev–Trinajstić information content (AvgIpc) is 2.77. The molecule has 1 aromatic carbocycles.